The first kappa shape index (κ1) is 17.3. The Bertz CT molecular complexity index is 767. The number of carbonyl (C=O) groups is 1. The van der Waals surface area contributed by atoms with Crippen LogP contribution in [0.2, 0.25) is 0 Å². The van der Waals surface area contributed by atoms with Gasteiger partial charge in [0.25, 0.3) is 0 Å². The molecule has 1 aliphatic heterocycles. The smallest absolute Gasteiger partial charge is 0.223 e. The molecule has 0 N–H and O–H groups in total. The summed E-state index contributed by atoms with van der Waals surface area (Å²) >= 11 is 0. The van der Waals surface area contributed by atoms with Crippen molar-refractivity contribution >= 4 is 5.91 Å². The van der Waals surface area contributed by atoms with Gasteiger partial charge in [0.2, 0.25) is 5.91 Å². The molecular formula is C22H26FNO2. The molecule has 1 saturated heterocycles. The highest BCUT2D eigenvalue weighted by Gasteiger charge is 2.35. The van der Waals surface area contributed by atoms with E-state index >= 15 is 0 Å². The molecule has 1 amide bonds. The van der Waals surface area contributed by atoms with Crippen molar-refractivity contribution in [2.45, 2.75) is 57.4 Å². The lowest BCUT2D eigenvalue weighted by Crippen LogP contribution is -2.49. The molecule has 0 bridgehead atoms. The summed E-state index contributed by atoms with van der Waals surface area (Å²) < 4.78 is 19.7. The van der Waals surface area contributed by atoms with Crippen molar-refractivity contribution in [2.75, 3.05) is 6.54 Å². The summed E-state index contributed by atoms with van der Waals surface area (Å²) in [5, 5.41) is 0. The molecule has 138 valence electrons. The molecule has 2 heterocycles. The Hall–Kier alpha value is -2.10. The predicted octanol–water partition coefficient (Wildman–Crippen LogP) is 5.20. The summed E-state index contributed by atoms with van der Waals surface area (Å²) in [5.41, 5.74) is 0.464. The van der Waals surface area contributed by atoms with Crippen molar-refractivity contribution < 1.29 is 13.6 Å². The Kier molecular flexibility index (Phi) is 5.09. The zero-order valence-electron chi connectivity index (χ0n) is 15.1. The number of nitrogens with zero attached hydrogens (tertiary/aromatic N) is 1. The molecule has 1 aliphatic carbocycles. The largest absolute Gasteiger partial charge is 0.461 e. The van der Waals surface area contributed by atoms with Gasteiger partial charge < -0.3 is 9.32 Å². The lowest BCUT2D eigenvalue weighted by molar-refractivity contribution is -0.137. The van der Waals surface area contributed by atoms with E-state index in [1.165, 1.54) is 31.7 Å². The van der Waals surface area contributed by atoms with Crippen LogP contribution in [0.3, 0.4) is 0 Å². The topological polar surface area (TPSA) is 33.5 Å². The summed E-state index contributed by atoms with van der Waals surface area (Å²) in [7, 11) is 0. The summed E-state index contributed by atoms with van der Waals surface area (Å²) in [6.07, 6.45) is 8.44. The van der Waals surface area contributed by atoms with Crippen molar-refractivity contribution in [2.24, 2.45) is 5.92 Å². The number of hydrogen-bond acceptors (Lipinski definition) is 2. The van der Waals surface area contributed by atoms with Gasteiger partial charge >= 0.3 is 0 Å². The maximum atomic E-state index is 13.9. The molecule has 26 heavy (non-hydrogen) atoms. The van der Waals surface area contributed by atoms with E-state index in [0.29, 0.717) is 36.1 Å². The van der Waals surface area contributed by atoms with Crippen LogP contribution in [0.25, 0.3) is 11.3 Å². The minimum absolute atomic E-state index is 0.241. The van der Waals surface area contributed by atoms with E-state index in [1.807, 2.05) is 6.07 Å². The second-order valence-electron chi connectivity index (χ2n) is 7.59. The number of aryl methyl sites for hydroxylation is 1. The molecule has 2 atom stereocenters. The highest BCUT2D eigenvalue weighted by molar-refractivity contribution is 5.77. The van der Waals surface area contributed by atoms with Crippen LogP contribution in [0, 0.1) is 11.7 Å². The van der Waals surface area contributed by atoms with Gasteiger partial charge in [-0.3, -0.25) is 4.79 Å². The van der Waals surface area contributed by atoms with Gasteiger partial charge in [-0.25, -0.2) is 4.39 Å². The Labute approximate surface area is 154 Å². The van der Waals surface area contributed by atoms with Crippen LogP contribution in [0.5, 0.6) is 0 Å². The molecule has 1 aromatic carbocycles. The van der Waals surface area contributed by atoms with Gasteiger partial charge in [0.1, 0.15) is 17.3 Å². The first-order valence-corrected chi connectivity index (χ1v) is 9.85. The maximum Gasteiger partial charge on any atom is 0.223 e. The van der Waals surface area contributed by atoms with E-state index < -0.39 is 0 Å². The van der Waals surface area contributed by atoms with Crippen LogP contribution in [-0.4, -0.2) is 23.4 Å². The van der Waals surface area contributed by atoms with Crippen LogP contribution in [0.15, 0.2) is 40.8 Å². The molecule has 0 spiro atoms. The van der Waals surface area contributed by atoms with Gasteiger partial charge in [-0.2, -0.15) is 0 Å². The normalized spacial score (nSPS) is 22.9. The third-order valence-corrected chi connectivity index (χ3v) is 5.95. The van der Waals surface area contributed by atoms with Gasteiger partial charge in [-0.05, 0) is 55.9 Å². The van der Waals surface area contributed by atoms with E-state index in [0.717, 1.165) is 25.1 Å². The molecular weight excluding hydrogens is 329 g/mol. The van der Waals surface area contributed by atoms with Gasteiger partial charge in [-0.15, -0.1) is 0 Å². The average molecular weight is 355 g/mol. The molecule has 0 unspecified atom stereocenters. The Morgan fingerprint density at radius 2 is 1.88 bits per heavy atom. The van der Waals surface area contributed by atoms with Gasteiger partial charge in [0.05, 0.1) is 5.56 Å². The average Bonchev–Trinajstić information content (AvgIpc) is 3.15. The number of halogens is 1. The number of furan rings is 1. The number of hydrogen-bond donors (Lipinski definition) is 0. The number of carbonyl (C=O) groups excluding carboxylic acids is 1. The Balaban J connectivity index is 1.38. The first-order valence-electron chi connectivity index (χ1n) is 9.85. The van der Waals surface area contributed by atoms with Gasteiger partial charge in [0.15, 0.2) is 0 Å². The SMILES string of the molecule is O=C(CCc1ccc(-c2ccccc2F)o1)N1CCC[C@@H]2CCCC[C@@H]21. The maximum absolute atomic E-state index is 13.9. The van der Waals surface area contributed by atoms with Crippen molar-refractivity contribution in [3.63, 3.8) is 0 Å². The van der Waals surface area contributed by atoms with Crippen LogP contribution in [-0.2, 0) is 11.2 Å². The minimum Gasteiger partial charge on any atom is -0.461 e. The van der Waals surface area contributed by atoms with Crippen LogP contribution >= 0.6 is 0 Å². The molecule has 1 saturated carbocycles. The minimum atomic E-state index is -0.291. The molecule has 1 aromatic heterocycles. The summed E-state index contributed by atoms with van der Waals surface area (Å²) in [4.78, 5) is 14.9. The number of piperidine rings is 1. The molecule has 2 aromatic rings. The van der Waals surface area contributed by atoms with Crippen LogP contribution in [0.1, 0.15) is 50.7 Å². The second-order valence-corrected chi connectivity index (χ2v) is 7.59. The highest BCUT2D eigenvalue weighted by atomic mass is 19.1. The molecule has 4 rings (SSSR count). The molecule has 3 nitrogen and oxygen atoms in total. The quantitative estimate of drug-likeness (QED) is 0.755. The number of likely N-dealkylation sites (tertiary alicyclic amines) is 1. The predicted molar refractivity (Wildman–Crippen MR) is 99.1 cm³/mol. The zero-order chi connectivity index (χ0) is 17.9. The third-order valence-electron chi connectivity index (χ3n) is 5.95. The summed E-state index contributed by atoms with van der Waals surface area (Å²) in [6, 6.07) is 10.7. The second kappa shape index (κ2) is 7.65. The fourth-order valence-corrected chi connectivity index (χ4v) is 4.63. The molecule has 4 heteroatoms. The Morgan fingerprint density at radius 1 is 1.08 bits per heavy atom. The molecule has 2 aliphatic rings. The first-order chi connectivity index (χ1) is 12.7. The van der Waals surface area contributed by atoms with Gasteiger partial charge in [0, 0.05) is 25.4 Å². The van der Waals surface area contributed by atoms with E-state index in [2.05, 4.69) is 4.90 Å². The summed E-state index contributed by atoms with van der Waals surface area (Å²) in [5.74, 6) is 1.92. The fourth-order valence-electron chi connectivity index (χ4n) is 4.63. The molecule has 2 fully saturated rings. The Morgan fingerprint density at radius 3 is 2.77 bits per heavy atom. The number of amides is 1. The lowest BCUT2D eigenvalue weighted by Gasteiger charge is -2.44. The van der Waals surface area contributed by atoms with Crippen molar-refractivity contribution in [1.29, 1.82) is 0 Å². The number of fused-ring (bicyclic) bond motifs is 1. The highest BCUT2D eigenvalue weighted by Crippen LogP contribution is 2.35. The van der Waals surface area contributed by atoms with Gasteiger partial charge in [-0.1, -0.05) is 25.0 Å². The van der Waals surface area contributed by atoms with E-state index in [4.69, 9.17) is 4.42 Å². The van der Waals surface area contributed by atoms with Crippen molar-refractivity contribution in [3.8, 4) is 11.3 Å². The third kappa shape index (κ3) is 3.55. The van der Waals surface area contributed by atoms with E-state index in [9.17, 15) is 9.18 Å². The zero-order valence-corrected chi connectivity index (χ0v) is 15.1. The van der Waals surface area contributed by atoms with Crippen molar-refractivity contribution in [3.05, 3.63) is 48.0 Å². The van der Waals surface area contributed by atoms with E-state index in [-0.39, 0.29) is 11.7 Å². The van der Waals surface area contributed by atoms with Crippen molar-refractivity contribution in [1.82, 2.24) is 4.90 Å². The van der Waals surface area contributed by atoms with Crippen LogP contribution in [0.4, 0.5) is 4.39 Å². The fraction of sp³-hybridized carbons (Fsp3) is 0.500. The monoisotopic (exact) mass is 355 g/mol. The van der Waals surface area contributed by atoms with Crippen LogP contribution < -0.4 is 0 Å². The van der Waals surface area contributed by atoms with E-state index in [1.54, 1.807) is 24.3 Å². The number of rotatable bonds is 4. The standard InChI is InChI=1S/C22H26FNO2/c23-19-9-3-2-8-18(19)21-13-11-17(26-21)12-14-22(25)24-15-5-7-16-6-1-4-10-20(16)24/h2-3,8-9,11,13,16,20H,1,4-7,10,12,14-15H2/t16-,20-/m0/s1. The summed E-state index contributed by atoms with van der Waals surface area (Å²) in [6.45, 7) is 0.901. The number of benzene rings is 1. The lowest BCUT2D eigenvalue weighted by atomic mass is 9.78. The molecule has 0 radical (unpaired) electrons.